The normalized spacial score (nSPS) is 29.5. The van der Waals surface area contributed by atoms with E-state index in [1.807, 2.05) is 0 Å². The van der Waals surface area contributed by atoms with Crippen LogP contribution in [0, 0.1) is 11.8 Å². The van der Waals surface area contributed by atoms with Crippen LogP contribution in [-0.4, -0.2) is 36.0 Å². The Morgan fingerprint density at radius 2 is 1.75 bits per heavy atom. The molecule has 3 nitrogen and oxygen atoms in total. The van der Waals surface area contributed by atoms with Crippen LogP contribution in [0.4, 0.5) is 5.69 Å². The molecule has 28 heavy (non-hydrogen) atoms. The quantitative estimate of drug-likeness (QED) is 0.543. The molecular formula is C25H38N2O. The fourth-order valence-electron chi connectivity index (χ4n) is 6.23. The summed E-state index contributed by atoms with van der Waals surface area (Å²) in [5, 5.41) is 0. The van der Waals surface area contributed by atoms with Gasteiger partial charge in [-0.25, -0.2) is 0 Å². The minimum Gasteiger partial charge on any atom is -0.369 e. The standard InChI is InChI=1S/C25H38N2O/c1-2-3-4-5-9-16-26(22-12-7-6-8-13-22)23-18-20-11-10-14-24(28)27-17-15-21(19-23)25(20)27/h6-8,12-13,20-21,23,25H,2-5,9-11,14-19H2,1H3/t20-,21+,23+,25-/m1/s1. The van der Waals surface area contributed by atoms with Crippen LogP contribution in [0.2, 0.25) is 0 Å². The van der Waals surface area contributed by atoms with E-state index in [0.717, 1.165) is 25.3 Å². The molecule has 0 radical (unpaired) electrons. The summed E-state index contributed by atoms with van der Waals surface area (Å²) in [6.07, 6.45) is 13.6. The Bertz CT molecular complexity index is 631. The smallest absolute Gasteiger partial charge is 0.222 e. The van der Waals surface area contributed by atoms with Gasteiger partial charge in [0, 0.05) is 37.3 Å². The minimum absolute atomic E-state index is 0.435. The minimum atomic E-state index is 0.435. The fourth-order valence-corrected chi connectivity index (χ4v) is 6.23. The number of hydrogen-bond donors (Lipinski definition) is 0. The lowest BCUT2D eigenvalue weighted by Gasteiger charge is -2.45. The van der Waals surface area contributed by atoms with Crippen molar-refractivity contribution in [3.63, 3.8) is 0 Å². The molecule has 2 heterocycles. The third-order valence-electron chi connectivity index (χ3n) is 7.53. The molecule has 2 saturated heterocycles. The van der Waals surface area contributed by atoms with Crippen molar-refractivity contribution in [3.05, 3.63) is 30.3 Å². The van der Waals surface area contributed by atoms with Crippen LogP contribution in [0.15, 0.2) is 30.3 Å². The van der Waals surface area contributed by atoms with Gasteiger partial charge >= 0.3 is 0 Å². The molecule has 1 amide bonds. The number of carbonyl (C=O) groups excluding carboxylic acids is 1. The molecule has 4 atom stereocenters. The van der Waals surface area contributed by atoms with Gasteiger partial charge in [0.05, 0.1) is 0 Å². The van der Waals surface area contributed by atoms with Gasteiger partial charge in [-0.15, -0.1) is 0 Å². The predicted molar refractivity (Wildman–Crippen MR) is 117 cm³/mol. The second-order valence-corrected chi connectivity index (χ2v) is 9.35. The number of benzene rings is 1. The van der Waals surface area contributed by atoms with Crippen LogP contribution in [0.5, 0.6) is 0 Å². The number of nitrogens with zero attached hydrogens (tertiary/aromatic N) is 2. The van der Waals surface area contributed by atoms with Gasteiger partial charge < -0.3 is 9.80 Å². The van der Waals surface area contributed by atoms with Crippen molar-refractivity contribution in [3.8, 4) is 0 Å². The number of unbranched alkanes of at least 4 members (excludes halogenated alkanes) is 4. The zero-order chi connectivity index (χ0) is 19.3. The number of para-hydroxylation sites is 1. The molecule has 0 unspecified atom stereocenters. The Labute approximate surface area is 171 Å². The summed E-state index contributed by atoms with van der Waals surface area (Å²) in [5.41, 5.74) is 1.40. The maximum absolute atomic E-state index is 12.5. The Balaban J connectivity index is 1.48. The van der Waals surface area contributed by atoms with E-state index in [2.05, 4.69) is 47.1 Å². The van der Waals surface area contributed by atoms with Crippen molar-refractivity contribution >= 4 is 11.6 Å². The molecular weight excluding hydrogens is 344 g/mol. The predicted octanol–water partition coefficient (Wildman–Crippen LogP) is 5.64. The summed E-state index contributed by atoms with van der Waals surface area (Å²) in [5.74, 6) is 1.87. The highest BCUT2D eigenvalue weighted by Gasteiger charge is 2.48. The molecule has 154 valence electrons. The van der Waals surface area contributed by atoms with E-state index >= 15 is 0 Å². The van der Waals surface area contributed by atoms with Crippen LogP contribution in [0.25, 0.3) is 0 Å². The van der Waals surface area contributed by atoms with Crippen LogP contribution in [-0.2, 0) is 4.79 Å². The molecule has 1 aromatic rings. The molecule has 0 aromatic heterocycles. The highest BCUT2D eigenvalue weighted by atomic mass is 16.2. The van der Waals surface area contributed by atoms with Gasteiger partial charge in [0.15, 0.2) is 0 Å². The zero-order valence-corrected chi connectivity index (χ0v) is 17.7. The molecule has 1 aliphatic carbocycles. The van der Waals surface area contributed by atoms with Gasteiger partial charge in [-0.1, -0.05) is 50.8 Å². The lowest BCUT2D eigenvalue weighted by molar-refractivity contribution is -0.132. The van der Waals surface area contributed by atoms with Crippen molar-refractivity contribution in [2.45, 2.75) is 89.6 Å². The van der Waals surface area contributed by atoms with E-state index in [-0.39, 0.29) is 0 Å². The van der Waals surface area contributed by atoms with Gasteiger partial charge in [-0.2, -0.15) is 0 Å². The summed E-state index contributed by atoms with van der Waals surface area (Å²) in [6.45, 7) is 4.49. The highest BCUT2D eigenvalue weighted by Crippen LogP contribution is 2.45. The summed E-state index contributed by atoms with van der Waals surface area (Å²) in [7, 11) is 0. The summed E-state index contributed by atoms with van der Waals surface area (Å²) >= 11 is 0. The Morgan fingerprint density at radius 3 is 2.54 bits per heavy atom. The molecule has 1 saturated carbocycles. The van der Waals surface area contributed by atoms with Crippen LogP contribution in [0.1, 0.15) is 77.6 Å². The van der Waals surface area contributed by atoms with Crippen molar-refractivity contribution in [1.29, 1.82) is 0 Å². The SMILES string of the molecule is CCCCCCCN(c1ccccc1)[C@H]1C[C@H]2CCCC(=O)N3CC[C@@H](C1)[C@@H]23. The van der Waals surface area contributed by atoms with E-state index in [9.17, 15) is 4.79 Å². The summed E-state index contributed by atoms with van der Waals surface area (Å²) in [4.78, 5) is 17.5. The molecule has 3 heteroatoms. The fraction of sp³-hybridized carbons (Fsp3) is 0.720. The van der Waals surface area contributed by atoms with E-state index in [4.69, 9.17) is 0 Å². The van der Waals surface area contributed by atoms with Crippen LogP contribution in [0.3, 0.4) is 0 Å². The molecule has 3 aliphatic rings. The van der Waals surface area contributed by atoms with Crippen LogP contribution < -0.4 is 4.90 Å². The van der Waals surface area contributed by atoms with Crippen LogP contribution >= 0.6 is 0 Å². The van der Waals surface area contributed by atoms with Gasteiger partial charge in [-0.3, -0.25) is 4.79 Å². The maximum Gasteiger partial charge on any atom is 0.222 e. The second-order valence-electron chi connectivity index (χ2n) is 9.35. The third-order valence-corrected chi connectivity index (χ3v) is 7.53. The van der Waals surface area contributed by atoms with E-state index < -0.39 is 0 Å². The molecule has 0 spiro atoms. The Kier molecular flexibility index (Phi) is 6.59. The first-order valence-electron chi connectivity index (χ1n) is 11.9. The van der Waals surface area contributed by atoms with Gasteiger partial charge in [-0.05, 0) is 62.5 Å². The van der Waals surface area contributed by atoms with E-state index in [0.29, 0.717) is 23.9 Å². The number of anilines is 1. The van der Waals surface area contributed by atoms with Crippen molar-refractivity contribution in [2.75, 3.05) is 18.0 Å². The number of hydrogen-bond acceptors (Lipinski definition) is 2. The Hall–Kier alpha value is -1.51. The number of rotatable bonds is 8. The number of carbonyl (C=O) groups is 1. The first-order chi connectivity index (χ1) is 13.8. The summed E-state index contributed by atoms with van der Waals surface area (Å²) in [6, 6.07) is 12.3. The largest absolute Gasteiger partial charge is 0.369 e. The highest BCUT2D eigenvalue weighted by molar-refractivity contribution is 5.77. The molecule has 0 N–H and O–H groups in total. The van der Waals surface area contributed by atoms with E-state index in [1.54, 1.807) is 0 Å². The first-order valence-corrected chi connectivity index (χ1v) is 11.9. The number of amides is 1. The second kappa shape index (κ2) is 9.33. The van der Waals surface area contributed by atoms with Gasteiger partial charge in [0.1, 0.15) is 0 Å². The van der Waals surface area contributed by atoms with Crippen molar-refractivity contribution in [2.24, 2.45) is 11.8 Å². The third kappa shape index (κ3) is 4.23. The maximum atomic E-state index is 12.5. The average molecular weight is 383 g/mol. The first kappa shape index (κ1) is 19.8. The average Bonchev–Trinajstić information content (AvgIpc) is 3.08. The van der Waals surface area contributed by atoms with E-state index in [1.165, 1.54) is 70.0 Å². The Morgan fingerprint density at radius 1 is 1.00 bits per heavy atom. The molecule has 0 bridgehead atoms. The van der Waals surface area contributed by atoms with Gasteiger partial charge in [0.2, 0.25) is 5.91 Å². The van der Waals surface area contributed by atoms with Crippen molar-refractivity contribution in [1.82, 2.24) is 4.90 Å². The molecule has 2 aliphatic heterocycles. The zero-order valence-electron chi connectivity index (χ0n) is 17.7. The molecule has 1 aromatic carbocycles. The molecule has 3 fully saturated rings. The monoisotopic (exact) mass is 382 g/mol. The summed E-state index contributed by atoms with van der Waals surface area (Å²) < 4.78 is 0. The molecule has 4 rings (SSSR count). The van der Waals surface area contributed by atoms with Crippen molar-refractivity contribution < 1.29 is 4.79 Å². The topological polar surface area (TPSA) is 23.6 Å². The van der Waals surface area contributed by atoms with Gasteiger partial charge in [0.25, 0.3) is 0 Å². The lowest BCUT2D eigenvalue weighted by atomic mass is 9.73. The lowest BCUT2D eigenvalue weighted by Crippen LogP contribution is -2.50.